The molecule has 0 spiro atoms. The van der Waals surface area contributed by atoms with E-state index in [4.69, 9.17) is 10.00 Å². The molecule has 1 aromatic rings. The molecule has 1 saturated heterocycles. The molecule has 1 N–H and O–H groups in total. The zero-order chi connectivity index (χ0) is 20.3. The molecule has 1 saturated carbocycles. The number of anilines is 1. The van der Waals surface area contributed by atoms with Crippen LogP contribution in [0.25, 0.3) is 0 Å². The number of benzene rings is 1. The van der Waals surface area contributed by atoms with Crippen molar-refractivity contribution >= 4 is 29.4 Å². The van der Waals surface area contributed by atoms with E-state index in [-0.39, 0.29) is 23.7 Å². The number of likely N-dealkylation sites (tertiary alicyclic amines) is 1. The van der Waals surface area contributed by atoms with Crippen LogP contribution >= 0.6 is 0 Å². The number of rotatable bonds is 5. The fraction of sp³-hybridized carbons (Fsp3) is 0.450. The summed E-state index contributed by atoms with van der Waals surface area (Å²) in [7, 11) is 0. The highest BCUT2D eigenvalue weighted by atomic mass is 16.5. The fourth-order valence-electron chi connectivity index (χ4n) is 3.71. The Morgan fingerprint density at radius 3 is 2.50 bits per heavy atom. The molecule has 8 nitrogen and oxygen atoms in total. The maximum absolute atomic E-state index is 12.4. The Labute approximate surface area is 162 Å². The van der Waals surface area contributed by atoms with Crippen LogP contribution in [0.1, 0.15) is 38.2 Å². The van der Waals surface area contributed by atoms with Gasteiger partial charge in [0.05, 0.1) is 23.5 Å². The average Bonchev–Trinajstić information content (AvgIpc) is 2.93. The number of esters is 1. The van der Waals surface area contributed by atoms with E-state index in [1.165, 1.54) is 13.0 Å². The Hall–Kier alpha value is -3.21. The second-order valence-electron chi connectivity index (χ2n) is 7.07. The molecule has 28 heavy (non-hydrogen) atoms. The highest BCUT2D eigenvalue weighted by Crippen LogP contribution is 2.37. The SMILES string of the molecule is C[C@H](OC(=O)CN1C(=O)[C@H]2CCCC[C@@H]2C1=O)C(=O)Nc1cccc(C#N)c1. The monoisotopic (exact) mass is 383 g/mol. The molecule has 146 valence electrons. The number of hydrogen-bond acceptors (Lipinski definition) is 6. The van der Waals surface area contributed by atoms with Crippen molar-refractivity contribution in [1.29, 1.82) is 5.26 Å². The Balaban J connectivity index is 1.55. The third-order valence-corrected chi connectivity index (χ3v) is 5.16. The van der Waals surface area contributed by atoms with Gasteiger partial charge in [-0.15, -0.1) is 0 Å². The Morgan fingerprint density at radius 2 is 1.89 bits per heavy atom. The van der Waals surface area contributed by atoms with Crippen molar-refractivity contribution in [2.45, 2.75) is 38.7 Å². The van der Waals surface area contributed by atoms with Gasteiger partial charge in [0.1, 0.15) is 6.54 Å². The first-order valence-electron chi connectivity index (χ1n) is 9.26. The van der Waals surface area contributed by atoms with Gasteiger partial charge in [-0.25, -0.2) is 0 Å². The highest BCUT2D eigenvalue weighted by molar-refractivity contribution is 6.07. The first-order valence-corrected chi connectivity index (χ1v) is 9.26. The van der Waals surface area contributed by atoms with Crippen LogP contribution in [0.15, 0.2) is 24.3 Å². The summed E-state index contributed by atoms with van der Waals surface area (Å²) in [5.41, 5.74) is 0.788. The van der Waals surface area contributed by atoms with Crippen LogP contribution in [0, 0.1) is 23.2 Å². The van der Waals surface area contributed by atoms with Crippen LogP contribution in [0.5, 0.6) is 0 Å². The number of nitrogens with one attached hydrogen (secondary N) is 1. The van der Waals surface area contributed by atoms with Gasteiger partial charge >= 0.3 is 5.97 Å². The number of carbonyl (C=O) groups is 4. The van der Waals surface area contributed by atoms with Crippen LogP contribution in [-0.4, -0.2) is 41.2 Å². The molecule has 0 unspecified atom stereocenters. The predicted octanol–water partition coefficient (Wildman–Crippen LogP) is 1.60. The molecule has 1 heterocycles. The topological polar surface area (TPSA) is 117 Å². The third-order valence-electron chi connectivity index (χ3n) is 5.16. The second-order valence-corrected chi connectivity index (χ2v) is 7.07. The van der Waals surface area contributed by atoms with Gasteiger partial charge in [-0.3, -0.25) is 24.1 Å². The van der Waals surface area contributed by atoms with Crippen molar-refractivity contribution in [3.8, 4) is 6.07 Å². The standard InChI is InChI=1S/C20H21N3O5/c1-12(18(25)22-14-6-4-5-13(9-14)10-21)28-17(24)11-23-19(26)15-7-2-3-8-16(15)20(23)27/h4-6,9,12,15-16H,2-3,7-8,11H2,1H3,(H,22,25)/t12-,15-,16-/m0/s1. The minimum atomic E-state index is -1.12. The molecule has 0 radical (unpaired) electrons. The Morgan fingerprint density at radius 1 is 1.25 bits per heavy atom. The summed E-state index contributed by atoms with van der Waals surface area (Å²) in [6.07, 6.45) is 2.03. The van der Waals surface area contributed by atoms with Crippen LogP contribution in [0.3, 0.4) is 0 Å². The van der Waals surface area contributed by atoms with Gasteiger partial charge in [-0.2, -0.15) is 5.26 Å². The number of amides is 3. The van der Waals surface area contributed by atoms with Crippen molar-refractivity contribution in [2.24, 2.45) is 11.8 Å². The predicted molar refractivity (Wildman–Crippen MR) is 97.5 cm³/mol. The lowest BCUT2D eigenvalue weighted by molar-refractivity contribution is -0.158. The molecule has 3 atom stereocenters. The molecule has 1 aromatic carbocycles. The summed E-state index contributed by atoms with van der Waals surface area (Å²) in [5.74, 6) is -2.69. The number of fused-ring (bicyclic) bond motifs is 1. The summed E-state index contributed by atoms with van der Waals surface area (Å²) >= 11 is 0. The van der Waals surface area contributed by atoms with Crippen molar-refractivity contribution in [1.82, 2.24) is 4.90 Å². The second kappa shape index (κ2) is 8.21. The molecule has 3 amide bonds. The normalized spacial score (nSPS) is 22.2. The lowest BCUT2D eigenvalue weighted by Gasteiger charge is -2.19. The lowest BCUT2D eigenvalue weighted by atomic mass is 9.81. The maximum atomic E-state index is 12.4. The Kier molecular flexibility index (Phi) is 5.73. The molecule has 8 heteroatoms. The van der Waals surface area contributed by atoms with Gasteiger partial charge in [0, 0.05) is 5.69 Å². The zero-order valence-corrected chi connectivity index (χ0v) is 15.5. The number of hydrogen-bond donors (Lipinski definition) is 1. The van der Waals surface area contributed by atoms with Gasteiger partial charge < -0.3 is 10.1 Å². The van der Waals surface area contributed by atoms with E-state index in [1.807, 2.05) is 6.07 Å². The third kappa shape index (κ3) is 4.03. The molecule has 2 aliphatic rings. The summed E-state index contributed by atoms with van der Waals surface area (Å²) in [4.78, 5) is 50.1. The minimum Gasteiger partial charge on any atom is -0.451 e. The molecule has 0 bridgehead atoms. The van der Waals surface area contributed by atoms with E-state index in [0.717, 1.165) is 17.7 Å². The highest BCUT2D eigenvalue weighted by Gasteiger charge is 2.48. The molecule has 3 rings (SSSR count). The summed E-state index contributed by atoms with van der Waals surface area (Å²) in [6.45, 7) is 0.918. The van der Waals surface area contributed by atoms with Crippen LogP contribution in [0.2, 0.25) is 0 Å². The molecular weight excluding hydrogens is 362 g/mol. The molecule has 1 aliphatic heterocycles. The minimum absolute atomic E-state index is 0.322. The van der Waals surface area contributed by atoms with Gasteiger partial charge in [-0.05, 0) is 38.0 Å². The van der Waals surface area contributed by atoms with Gasteiger partial charge in [0.15, 0.2) is 6.10 Å². The first-order chi connectivity index (χ1) is 13.4. The van der Waals surface area contributed by atoms with Gasteiger partial charge in [0.2, 0.25) is 11.8 Å². The van der Waals surface area contributed by atoms with Crippen LogP contribution in [-0.2, 0) is 23.9 Å². The van der Waals surface area contributed by atoms with Crippen LogP contribution < -0.4 is 5.32 Å². The van der Waals surface area contributed by atoms with E-state index in [2.05, 4.69) is 5.32 Å². The molecule has 1 aliphatic carbocycles. The summed E-state index contributed by atoms with van der Waals surface area (Å²) in [5, 5.41) is 11.4. The molecule has 0 aromatic heterocycles. The Bertz CT molecular complexity index is 836. The maximum Gasteiger partial charge on any atom is 0.326 e. The van der Waals surface area contributed by atoms with Crippen molar-refractivity contribution in [3.63, 3.8) is 0 Å². The number of ether oxygens (including phenoxy) is 1. The lowest BCUT2D eigenvalue weighted by Crippen LogP contribution is -2.39. The summed E-state index contributed by atoms with van der Waals surface area (Å²) < 4.78 is 5.09. The quantitative estimate of drug-likeness (QED) is 0.610. The zero-order valence-electron chi connectivity index (χ0n) is 15.5. The first kappa shape index (κ1) is 19.5. The molecule has 2 fully saturated rings. The average molecular weight is 383 g/mol. The van der Waals surface area contributed by atoms with Crippen molar-refractivity contribution in [2.75, 3.05) is 11.9 Å². The largest absolute Gasteiger partial charge is 0.451 e. The number of imide groups is 1. The smallest absolute Gasteiger partial charge is 0.326 e. The number of carbonyl (C=O) groups excluding carboxylic acids is 4. The van der Waals surface area contributed by atoms with E-state index in [1.54, 1.807) is 18.2 Å². The van der Waals surface area contributed by atoms with E-state index in [0.29, 0.717) is 24.1 Å². The molecular formula is C20H21N3O5. The van der Waals surface area contributed by atoms with Crippen molar-refractivity contribution in [3.05, 3.63) is 29.8 Å². The number of nitriles is 1. The van der Waals surface area contributed by atoms with E-state index in [9.17, 15) is 19.2 Å². The van der Waals surface area contributed by atoms with Gasteiger partial charge in [0.25, 0.3) is 5.91 Å². The van der Waals surface area contributed by atoms with Gasteiger partial charge in [-0.1, -0.05) is 18.9 Å². The fourth-order valence-corrected chi connectivity index (χ4v) is 3.71. The van der Waals surface area contributed by atoms with Crippen molar-refractivity contribution < 1.29 is 23.9 Å². The number of nitrogens with zero attached hydrogens (tertiary/aromatic N) is 2. The van der Waals surface area contributed by atoms with E-state index >= 15 is 0 Å². The summed E-state index contributed by atoms with van der Waals surface area (Å²) in [6, 6.07) is 8.29. The van der Waals surface area contributed by atoms with Crippen LogP contribution in [0.4, 0.5) is 5.69 Å². The van der Waals surface area contributed by atoms with E-state index < -0.39 is 24.5 Å².